The maximum Gasteiger partial charge on any atom is 0.243 e. The van der Waals surface area contributed by atoms with E-state index in [1.54, 1.807) is 35.7 Å². The molecule has 4 atom stereocenters. The van der Waals surface area contributed by atoms with Crippen molar-refractivity contribution in [1.82, 2.24) is 14.5 Å². The molecule has 2 aliphatic heterocycles. The first-order valence-corrected chi connectivity index (χ1v) is 10.4. The van der Waals surface area contributed by atoms with Gasteiger partial charge in [-0.25, -0.2) is 8.42 Å². The average molecular weight is 381 g/mol. The van der Waals surface area contributed by atoms with Gasteiger partial charge in [0.05, 0.1) is 17.4 Å². The number of fused-ring (bicyclic) bond motifs is 2. The maximum atomic E-state index is 13.1. The van der Waals surface area contributed by atoms with Gasteiger partial charge in [0, 0.05) is 45.4 Å². The highest BCUT2D eigenvalue weighted by atomic mass is 32.2. The molecule has 8 heteroatoms. The highest BCUT2D eigenvalue weighted by molar-refractivity contribution is 7.89. The van der Waals surface area contributed by atoms with Crippen LogP contribution in [0.2, 0.25) is 0 Å². The maximum absolute atomic E-state index is 13.1. The Bertz CT molecular complexity index is 725. The number of rotatable bonds is 7. The van der Waals surface area contributed by atoms with Crippen LogP contribution in [0.25, 0.3) is 0 Å². The molecule has 0 saturated carbocycles. The second-order valence-corrected chi connectivity index (χ2v) is 8.97. The predicted octanol–water partition coefficient (Wildman–Crippen LogP) is 0.533. The van der Waals surface area contributed by atoms with Crippen molar-refractivity contribution in [3.8, 4) is 0 Å². The quantitative estimate of drug-likeness (QED) is 0.746. The van der Waals surface area contributed by atoms with E-state index in [4.69, 9.17) is 4.74 Å². The average Bonchev–Trinajstić information content (AvgIpc) is 3.05. The molecule has 0 aliphatic carbocycles. The zero-order valence-electron chi connectivity index (χ0n) is 15.3. The third-order valence-electron chi connectivity index (χ3n) is 5.24. The number of nitrogens with zero attached hydrogens (tertiary/aromatic N) is 2. The molecule has 2 heterocycles. The van der Waals surface area contributed by atoms with Gasteiger partial charge in [0.25, 0.3) is 0 Å². The van der Waals surface area contributed by atoms with Gasteiger partial charge in [0.1, 0.15) is 0 Å². The highest BCUT2D eigenvalue weighted by Gasteiger charge is 2.44. The fourth-order valence-electron chi connectivity index (χ4n) is 3.74. The van der Waals surface area contributed by atoms with Crippen LogP contribution in [0.4, 0.5) is 0 Å². The fourth-order valence-corrected chi connectivity index (χ4v) is 5.45. The van der Waals surface area contributed by atoms with E-state index < -0.39 is 10.0 Å². The van der Waals surface area contributed by atoms with Gasteiger partial charge in [-0.1, -0.05) is 25.1 Å². The molecule has 0 radical (unpaired) electrons. The van der Waals surface area contributed by atoms with Gasteiger partial charge in [-0.05, 0) is 18.6 Å². The van der Waals surface area contributed by atoms with Crippen LogP contribution in [-0.2, 0) is 19.6 Å². The normalized spacial score (nSPS) is 27.2. The Morgan fingerprint density at radius 2 is 2.04 bits per heavy atom. The minimum Gasteiger partial charge on any atom is -0.384 e. The van der Waals surface area contributed by atoms with Gasteiger partial charge >= 0.3 is 0 Å². The summed E-state index contributed by atoms with van der Waals surface area (Å²) in [6, 6.07) is 8.58. The molecule has 1 amide bonds. The number of sulfonamides is 1. The van der Waals surface area contributed by atoms with Gasteiger partial charge in [-0.2, -0.15) is 4.31 Å². The van der Waals surface area contributed by atoms with Crippen molar-refractivity contribution >= 4 is 15.9 Å². The van der Waals surface area contributed by atoms with Crippen LogP contribution in [0.5, 0.6) is 0 Å². The number of amides is 1. The van der Waals surface area contributed by atoms with E-state index in [-0.39, 0.29) is 23.9 Å². The lowest BCUT2D eigenvalue weighted by atomic mass is 10.1. The molecule has 1 aromatic rings. The number of hydrogen-bond acceptors (Lipinski definition) is 5. The molecule has 7 nitrogen and oxygen atoms in total. The Labute approximate surface area is 155 Å². The lowest BCUT2D eigenvalue weighted by molar-refractivity contribution is -0.126. The summed E-state index contributed by atoms with van der Waals surface area (Å²) in [5.41, 5.74) is 0. The van der Waals surface area contributed by atoms with Crippen LogP contribution in [0.1, 0.15) is 13.3 Å². The second-order valence-electron chi connectivity index (χ2n) is 7.08. The van der Waals surface area contributed by atoms with Crippen LogP contribution in [0.3, 0.4) is 0 Å². The SMILES string of the molecule is COC[C@H](C)C(=O)NC[C@H]1CN(S(=O)(=O)c2ccccc2)[C@H]2CCN1C2. The summed E-state index contributed by atoms with van der Waals surface area (Å²) in [6.45, 7) is 4.62. The molecule has 1 unspecified atom stereocenters. The summed E-state index contributed by atoms with van der Waals surface area (Å²) in [5, 5.41) is 2.95. The molecule has 2 saturated heterocycles. The first-order valence-electron chi connectivity index (χ1n) is 9.01. The number of carbonyl (C=O) groups excluding carboxylic acids is 1. The molecule has 1 aromatic carbocycles. The molecule has 1 N–H and O–H groups in total. The number of methoxy groups -OCH3 is 1. The van der Waals surface area contributed by atoms with Gasteiger partial charge < -0.3 is 10.1 Å². The first kappa shape index (κ1) is 19.3. The smallest absolute Gasteiger partial charge is 0.243 e. The third-order valence-corrected chi connectivity index (χ3v) is 7.17. The van der Waals surface area contributed by atoms with Crippen LogP contribution in [0.15, 0.2) is 35.2 Å². The molecule has 0 spiro atoms. The van der Waals surface area contributed by atoms with Gasteiger partial charge in [-0.3, -0.25) is 9.69 Å². The predicted molar refractivity (Wildman–Crippen MR) is 98.1 cm³/mol. The first-order chi connectivity index (χ1) is 12.4. The number of piperazine rings is 1. The topological polar surface area (TPSA) is 79.0 Å². The molecule has 2 bridgehead atoms. The van der Waals surface area contributed by atoms with E-state index in [0.29, 0.717) is 24.6 Å². The van der Waals surface area contributed by atoms with Gasteiger partial charge in [-0.15, -0.1) is 0 Å². The second kappa shape index (κ2) is 8.04. The summed E-state index contributed by atoms with van der Waals surface area (Å²) >= 11 is 0. The van der Waals surface area contributed by atoms with E-state index in [2.05, 4.69) is 10.2 Å². The highest BCUT2D eigenvalue weighted by Crippen LogP contribution is 2.29. The molecule has 2 fully saturated rings. The number of hydrogen-bond donors (Lipinski definition) is 1. The fraction of sp³-hybridized carbons (Fsp3) is 0.611. The Morgan fingerprint density at radius 3 is 2.73 bits per heavy atom. The molecular formula is C18H27N3O4S. The van der Waals surface area contributed by atoms with Crippen molar-refractivity contribution < 1.29 is 17.9 Å². The number of carbonyl (C=O) groups is 1. The number of nitrogens with one attached hydrogen (secondary N) is 1. The van der Waals surface area contributed by atoms with E-state index in [0.717, 1.165) is 19.5 Å². The number of benzene rings is 1. The van der Waals surface area contributed by atoms with E-state index in [1.807, 2.05) is 13.0 Å². The Kier molecular flexibility index (Phi) is 5.96. The largest absolute Gasteiger partial charge is 0.384 e. The summed E-state index contributed by atoms with van der Waals surface area (Å²) < 4.78 is 32.8. The van der Waals surface area contributed by atoms with Crippen molar-refractivity contribution in [2.75, 3.05) is 39.9 Å². The Hall–Kier alpha value is -1.48. The molecule has 0 aromatic heterocycles. The number of ether oxygens (including phenoxy) is 1. The summed E-state index contributed by atoms with van der Waals surface area (Å²) in [4.78, 5) is 14.8. The van der Waals surface area contributed by atoms with Crippen LogP contribution < -0.4 is 5.32 Å². The van der Waals surface area contributed by atoms with Crippen molar-refractivity contribution in [3.63, 3.8) is 0 Å². The molecule has 26 heavy (non-hydrogen) atoms. The van der Waals surface area contributed by atoms with Crippen molar-refractivity contribution in [3.05, 3.63) is 30.3 Å². The molecule has 3 rings (SSSR count). The Morgan fingerprint density at radius 1 is 1.31 bits per heavy atom. The van der Waals surface area contributed by atoms with Gasteiger partial charge in [0.2, 0.25) is 15.9 Å². The van der Waals surface area contributed by atoms with Crippen LogP contribution >= 0.6 is 0 Å². The van der Waals surface area contributed by atoms with E-state index >= 15 is 0 Å². The molecule has 2 aliphatic rings. The minimum absolute atomic E-state index is 0.00840. The summed E-state index contributed by atoms with van der Waals surface area (Å²) in [7, 11) is -1.95. The Balaban J connectivity index is 1.69. The van der Waals surface area contributed by atoms with Crippen molar-refractivity contribution in [1.29, 1.82) is 0 Å². The third kappa shape index (κ3) is 3.93. The van der Waals surface area contributed by atoms with Gasteiger partial charge in [0.15, 0.2) is 0 Å². The van der Waals surface area contributed by atoms with E-state index in [1.165, 1.54) is 0 Å². The van der Waals surface area contributed by atoms with Crippen molar-refractivity contribution in [2.45, 2.75) is 30.3 Å². The minimum atomic E-state index is -3.52. The van der Waals surface area contributed by atoms with Crippen LogP contribution in [-0.4, -0.2) is 75.5 Å². The molecular weight excluding hydrogens is 354 g/mol. The lowest BCUT2D eigenvalue weighted by Gasteiger charge is -2.39. The molecule has 144 valence electrons. The zero-order valence-corrected chi connectivity index (χ0v) is 16.1. The lowest BCUT2D eigenvalue weighted by Crippen LogP contribution is -2.57. The monoisotopic (exact) mass is 381 g/mol. The van der Waals surface area contributed by atoms with E-state index in [9.17, 15) is 13.2 Å². The van der Waals surface area contributed by atoms with Crippen LogP contribution in [0, 0.1) is 5.92 Å². The van der Waals surface area contributed by atoms with Crippen molar-refractivity contribution in [2.24, 2.45) is 5.92 Å². The standard InChI is InChI=1S/C18H27N3O4S/c1-14(13-25-2)18(22)19-10-16-12-21(15-8-9-20(16)11-15)26(23,24)17-6-4-3-5-7-17/h3-7,14-16H,8-13H2,1-2H3,(H,19,22)/t14-,15-,16-/m0/s1. The summed E-state index contributed by atoms with van der Waals surface area (Å²) in [5.74, 6) is -0.287. The zero-order chi connectivity index (χ0) is 18.7. The summed E-state index contributed by atoms with van der Waals surface area (Å²) in [6.07, 6.45) is 0.830.